The first kappa shape index (κ1) is 14.8. The molecule has 8 heteroatoms. The molecule has 0 aromatic carbocycles. The van der Waals surface area contributed by atoms with E-state index in [0.717, 1.165) is 16.7 Å². The highest BCUT2D eigenvalue weighted by Gasteiger charge is 2.40. The van der Waals surface area contributed by atoms with Gasteiger partial charge in [0, 0.05) is 6.08 Å². The van der Waals surface area contributed by atoms with E-state index < -0.39 is 24.5 Å². The van der Waals surface area contributed by atoms with Gasteiger partial charge in [-0.25, -0.2) is 4.79 Å². The third-order valence-electron chi connectivity index (χ3n) is 2.63. The minimum Gasteiger partial charge on any atom is -0.480 e. The second-order valence-corrected chi connectivity index (χ2v) is 5.71. The maximum atomic E-state index is 12.2. The zero-order valence-electron chi connectivity index (χ0n) is 10.4. The number of furan rings is 1. The topological polar surface area (TPSA) is 91.0 Å². The van der Waals surface area contributed by atoms with Gasteiger partial charge in [0.05, 0.1) is 11.5 Å². The highest BCUT2D eigenvalue weighted by Crippen LogP contribution is 2.34. The molecule has 0 radical (unpaired) electrons. The highest BCUT2D eigenvalue weighted by atomic mass is 32.2. The molecule has 0 aliphatic carbocycles. The number of hydrogen-bond donors (Lipinski definition) is 2. The number of thiocarbonyl (C=S) groups is 1. The Labute approximate surface area is 124 Å². The van der Waals surface area contributed by atoms with Crippen LogP contribution in [0.25, 0.3) is 6.08 Å². The quantitative estimate of drug-likeness (QED) is 0.638. The van der Waals surface area contributed by atoms with Crippen LogP contribution in [0, 0.1) is 6.92 Å². The van der Waals surface area contributed by atoms with Crippen LogP contribution in [0.3, 0.4) is 0 Å². The van der Waals surface area contributed by atoms with Gasteiger partial charge in [0.2, 0.25) is 0 Å². The number of carbonyl (C=O) groups excluding carboxylic acids is 1. The molecular formula is C12H11NO5S2. The molecule has 1 aliphatic rings. The smallest absolute Gasteiger partial charge is 0.329 e. The number of aryl methyl sites for hydroxylation is 1. The summed E-state index contributed by atoms with van der Waals surface area (Å²) in [6.07, 6.45) is 1.50. The van der Waals surface area contributed by atoms with Crippen molar-refractivity contribution in [2.75, 3.05) is 6.61 Å². The van der Waals surface area contributed by atoms with E-state index >= 15 is 0 Å². The summed E-state index contributed by atoms with van der Waals surface area (Å²) in [7, 11) is 0. The Hall–Kier alpha value is -1.64. The molecule has 1 amide bonds. The second kappa shape index (κ2) is 5.78. The predicted octanol–water partition coefficient (Wildman–Crippen LogP) is 1.23. The Bertz CT molecular complexity index is 607. The fraction of sp³-hybridized carbons (Fsp3) is 0.250. The van der Waals surface area contributed by atoms with Gasteiger partial charge in [-0.15, -0.1) is 0 Å². The monoisotopic (exact) mass is 313 g/mol. The largest absolute Gasteiger partial charge is 0.480 e. The van der Waals surface area contributed by atoms with Gasteiger partial charge in [0.15, 0.2) is 6.04 Å². The molecule has 0 bridgehead atoms. The van der Waals surface area contributed by atoms with Crippen molar-refractivity contribution in [3.05, 3.63) is 28.6 Å². The summed E-state index contributed by atoms with van der Waals surface area (Å²) >= 11 is 5.98. The standard InChI is InChI=1S/C12H11NO5S2/c1-6-2-3-7(18-6)4-9-10(15)13(12(19)20-9)8(5-14)11(16)17/h2-4,8,14H,5H2,1H3,(H,16,17)/b9-4+. The lowest BCUT2D eigenvalue weighted by Crippen LogP contribution is -2.46. The van der Waals surface area contributed by atoms with E-state index in [4.69, 9.17) is 26.8 Å². The Morgan fingerprint density at radius 2 is 2.30 bits per heavy atom. The Balaban J connectivity index is 2.29. The van der Waals surface area contributed by atoms with Crippen LogP contribution in [0.5, 0.6) is 0 Å². The first-order valence-electron chi connectivity index (χ1n) is 5.61. The van der Waals surface area contributed by atoms with Gasteiger partial charge in [-0.05, 0) is 19.1 Å². The summed E-state index contributed by atoms with van der Waals surface area (Å²) < 4.78 is 5.43. The van der Waals surface area contributed by atoms with E-state index in [9.17, 15) is 9.59 Å². The number of carbonyl (C=O) groups is 2. The van der Waals surface area contributed by atoms with E-state index in [0.29, 0.717) is 11.5 Å². The van der Waals surface area contributed by atoms with E-state index in [-0.39, 0.29) is 9.23 Å². The molecule has 6 nitrogen and oxygen atoms in total. The molecule has 2 heterocycles. The first-order chi connectivity index (χ1) is 9.43. The number of carboxylic acid groups (broad SMARTS) is 1. The minimum absolute atomic E-state index is 0.103. The second-order valence-electron chi connectivity index (χ2n) is 4.04. The lowest BCUT2D eigenvalue weighted by Gasteiger charge is -2.20. The summed E-state index contributed by atoms with van der Waals surface area (Å²) in [6.45, 7) is 1.07. The van der Waals surface area contributed by atoms with Gasteiger partial charge in [0.1, 0.15) is 15.8 Å². The van der Waals surface area contributed by atoms with Crippen LogP contribution in [0.4, 0.5) is 0 Å². The molecule has 1 aliphatic heterocycles. The first-order valence-corrected chi connectivity index (χ1v) is 6.83. The summed E-state index contributed by atoms with van der Waals surface area (Å²) in [5.41, 5.74) is 0. The van der Waals surface area contributed by atoms with E-state index in [1.165, 1.54) is 6.08 Å². The van der Waals surface area contributed by atoms with Crippen molar-refractivity contribution in [2.45, 2.75) is 13.0 Å². The van der Waals surface area contributed by atoms with Crippen LogP contribution in [-0.2, 0) is 9.59 Å². The van der Waals surface area contributed by atoms with Crippen LogP contribution in [-0.4, -0.2) is 44.0 Å². The van der Waals surface area contributed by atoms with Gasteiger partial charge in [-0.2, -0.15) is 0 Å². The maximum Gasteiger partial charge on any atom is 0.329 e. The van der Waals surface area contributed by atoms with E-state index in [1.54, 1.807) is 19.1 Å². The van der Waals surface area contributed by atoms with Gasteiger partial charge in [-0.3, -0.25) is 9.69 Å². The van der Waals surface area contributed by atoms with Crippen molar-refractivity contribution < 1.29 is 24.2 Å². The maximum absolute atomic E-state index is 12.2. The van der Waals surface area contributed by atoms with Gasteiger partial charge < -0.3 is 14.6 Å². The lowest BCUT2D eigenvalue weighted by molar-refractivity contribution is -0.146. The SMILES string of the molecule is Cc1ccc(/C=C2/SC(=S)N(C(CO)C(=O)O)C2=O)o1. The van der Waals surface area contributed by atoms with Crippen LogP contribution in [0.2, 0.25) is 0 Å². The van der Waals surface area contributed by atoms with Crippen molar-refractivity contribution in [3.8, 4) is 0 Å². The molecule has 2 N–H and O–H groups in total. The van der Waals surface area contributed by atoms with Gasteiger partial charge in [0.25, 0.3) is 5.91 Å². The molecule has 1 atom stereocenters. The number of rotatable bonds is 4. The third kappa shape index (κ3) is 2.77. The number of nitrogens with zero attached hydrogens (tertiary/aromatic N) is 1. The molecule has 1 fully saturated rings. The van der Waals surface area contributed by atoms with Gasteiger partial charge in [-0.1, -0.05) is 24.0 Å². The van der Waals surface area contributed by atoms with Crippen LogP contribution < -0.4 is 0 Å². The summed E-state index contributed by atoms with van der Waals surface area (Å²) in [5.74, 6) is -0.668. The fourth-order valence-electron chi connectivity index (χ4n) is 1.68. The Morgan fingerprint density at radius 1 is 1.60 bits per heavy atom. The van der Waals surface area contributed by atoms with Gasteiger partial charge >= 0.3 is 5.97 Å². The molecule has 1 saturated heterocycles. The van der Waals surface area contributed by atoms with Crippen molar-refractivity contribution in [1.82, 2.24) is 4.90 Å². The average molecular weight is 313 g/mol. The molecule has 0 saturated carbocycles. The number of amides is 1. The summed E-state index contributed by atoms with van der Waals surface area (Å²) in [5, 5.41) is 18.1. The van der Waals surface area contributed by atoms with Crippen molar-refractivity contribution in [2.24, 2.45) is 0 Å². The number of aliphatic carboxylic acids is 1. The molecular weight excluding hydrogens is 302 g/mol. The number of aliphatic hydroxyl groups is 1. The third-order valence-corrected chi connectivity index (χ3v) is 3.96. The molecule has 1 aromatic rings. The molecule has 106 valence electrons. The van der Waals surface area contributed by atoms with E-state index in [2.05, 4.69) is 0 Å². The predicted molar refractivity (Wildman–Crippen MR) is 77.0 cm³/mol. The summed E-state index contributed by atoms with van der Waals surface area (Å²) in [4.78, 5) is 24.4. The number of carboxylic acids is 1. The van der Waals surface area contributed by atoms with Crippen LogP contribution in [0.1, 0.15) is 11.5 Å². The highest BCUT2D eigenvalue weighted by molar-refractivity contribution is 8.26. The zero-order valence-corrected chi connectivity index (χ0v) is 12.0. The number of thioether (sulfide) groups is 1. The number of aliphatic hydroxyl groups excluding tert-OH is 1. The molecule has 1 aromatic heterocycles. The summed E-state index contributed by atoms with van der Waals surface area (Å²) in [6, 6.07) is 2.08. The average Bonchev–Trinajstić information content (AvgIpc) is 2.89. The Morgan fingerprint density at radius 3 is 2.80 bits per heavy atom. The van der Waals surface area contributed by atoms with Crippen molar-refractivity contribution >= 4 is 46.3 Å². The van der Waals surface area contributed by atoms with E-state index in [1.807, 2.05) is 0 Å². The van der Waals surface area contributed by atoms with Crippen LogP contribution >= 0.6 is 24.0 Å². The van der Waals surface area contributed by atoms with Crippen LogP contribution in [0.15, 0.2) is 21.5 Å². The number of hydrogen-bond acceptors (Lipinski definition) is 6. The minimum atomic E-state index is -1.37. The molecule has 20 heavy (non-hydrogen) atoms. The Kier molecular flexibility index (Phi) is 4.26. The molecule has 2 rings (SSSR count). The van der Waals surface area contributed by atoms with Crippen molar-refractivity contribution in [1.29, 1.82) is 0 Å². The molecule has 1 unspecified atom stereocenters. The zero-order chi connectivity index (χ0) is 14.9. The van der Waals surface area contributed by atoms with Crippen molar-refractivity contribution in [3.63, 3.8) is 0 Å². The normalized spacial score (nSPS) is 18.9. The molecule has 0 spiro atoms. The lowest BCUT2D eigenvalue weighted by atomic mass is 10.2. The fourth-order valence-corrected chi connectivity index (χ4v) is 3.02.